The van der Waals surface area contributed by atoms with E-state index < -0.39 is 0 Å². The lowest BCUT2D eigenvalue weighted by Crippen LogP contribution is -2.33. The van der Waals surface area contributed by atoms with Crippen LogP contribution in [0.1, 0.15) is 36.8 Å². The molecule has 1 aromatic heterocycles. The van der Waals surface area contributed by atoms with Crippen LogP contribution in [0.5, 0.6) is 17.2 Å². The molecule has 38 heavy (non-hydrogen) atoms. The van der Waals surface area contributed by atoms with Crippen molar-refractivity contribution in [2.75, 3.05) is 13.7 Å². The molecule has 1 atom stereocenters. The Hall–Kier alpha value is -3.46. The molecule has 0 radical (unpaired) electrons. The van der Waals surface area contributed by atoms with Crippen molar-refractivity contribution < 1.29 is 28.2 Å². The average molecular weight is 536 g/mol. The molecule has 1 saturated heterocycles. The molecule has 1 unspecified atom stereocenters. The number of amides is 1. The van der Waals surface area contributed by atoms with Gasteiger partial charge in [-0.25, -0.2) is 14.7 Å². The van der Waals surface area contributed by atoms with Gasteiger partial charge < -0.3 is 14.2 Å². The molecule has 198 valence electrons. The van der Waals surface area contributed by atoms with Gasteiger partial charge >= 0.3 is 0 Å². The lowest BCUT2D eigenvalue weighted by atomic mass is 10.1. The summed E-state index contributed by atoms with van der Waals surface area (Å²) in [6.45, 7) is 2.56. The van der Waals surface area contributed by atoms with Crippen LogP contribution in [-0.2, 0) is 20.8 Å². The molecule has 0 aliphatic carbocycles. The molecule has 1 aliphatic heterocycles. The number of halogens is 1. The molecule has 0 spiro atoms. The summed E-state index contributed by atoms with van der Waals surface area (Å²) in [5.74, 6) is 1.70. The number of rotatable bonds is 9. The number of thiophene rings is 1. The summed E-state index contributed by atoms with van der Waals surface area (Å²) in [7, 11) is 1.64. The second kappa shape index (κ2) is 11.9. The van der Waals surface area contributed by atoms with Gasteiger partial charge in [0, 0.05) is 29.5 Å². The third kappa shape index (κ3) is 6.15. The molecule has 5 rings (SSSR count). The van der Waals surface area contributed by atoms with Crippen LogP contribution in [0.2, 0.25) is 0 Å². The summed E-state index contributed by atoms with van der Waals surface area (Å²) in [5.41, 5.74) is 5.26. The van der Waals surface area contributed by atoms with Crippen LogP contribution < -0.4 is 15.0 Å². The van der Waals surface area contributed by atoms with E-state index in [9.17, 15) is 9.18 Å². The van der Waals surface area contributed by atoms with Crippen molar-refractivity contribution >= 4 is 27.3 Å². The Kier molecular flexibility index (Phi) is 8.22. The van der Waals surface area contributed by atoms with Crippen LogP contribution in [0, 0.1) is 12.7 Å². The molecular formula is C30H30FNO5S. The molecule has 0 saturated carbocycles. The van der Waals surface area contributed by atoms with Gasteiger partial charge in [-0.2, -0.15) is 0 Å². The fraction of sp³-hybridized carbons (Fsp3) is 0.300. The minimum atomic E-state index is -0.359. The third-order valence-electron chi connectivity index (χ3n) is 6.51. The van der Waals surface area contributed by atoms with Crippen LogP contribution in [0.25, 0.3) is 20.5 Å². The van der Waals surface area contributed by atoms with Crippen molar-refractivity contribution in [2.24, 2.45) is 0 Å². The Balaban J connectivity index is 1.30. The third-order valence-corrected chi connectivity index (χ3v) is 7.68. The smallest absolute Gasteiger partial charge is 0.243 e. The first-order valence-corrected chi connectivity index (χ1v) is 13.5. The number of carbonyl (C=O) groups is 1. The van der Waals surface area contributed by atoms with Gasteiger partial charge in [0.15, 0.2) is 12.0 Å². The van der Waals surface area contributed by atoms with Gasteiger partial charge in [-0.1, -0.05) is 18.2 Å². The molecular weight excluding hydrogens is 505 g/mol. The zero-order valence-corrected chi connectivity index (χ0v) is 22.2. The maximum Gasteiger partial charge on any atom is 0.243 e. The predicted molar refractivity (Wildman–Crippen MR) is 146 cm³/mol. The van der Waals surface area contributed by atoms with E-state index in [1.807, 2.05) is 49.4 Å². The first-order chi connectivity index (χ1) is 18.5. The van der Waals surface area contributed by atoms with E-state index in [4.69, 9.17) is 19.0 Å². The molecule has 1 N–H and O–H groups in total. The van der Waals surface area contributed by atoms with Crippen molar-refractivity contribution in [3.05, 3.63) is 77.6 Å². The average Bonchev–Trinajstić information content (AvgIpc) is 3.29. The molecule has 0 bridgehead atoms. The van der Waals surface area contributed by atoms with E-state index in [0.29, 0.717) is 25.2 Å². The van der Waals surface area contributed by atoms with Gasteiger partial charge in [0.2, 0.25) is 5.91 Å². The lowest BCUT2D eigenvalue weighted by Gasteiger charge is -2.22. The minimum Gasteiger partial charge on any atom is -0.497 e. The number of nitrogens with one attached hydrogen (secondary N) is 1. The zero-order chi connectivity index (χ0) is 26.5. The SMILES string of the molecule is COc1ccc2c(Oc3ccc(CCC(=O)NOC4CCCCO4)cc3)c(-c3ccc(F)cc3C)sc2c1. The van der Waals surface area contributed by atoms with Gasteiger partial charge in [0.1, 0.15) is 17.3 Å². The maximum absolute atomic E-state index is 13.8. The van der Waals surface area contributed by atoms with Crippen molar-refractivity contribution in [3.8, 4) is 27.7 Å². The first kappa shape index (κ1) is 26.2. The summed E-state index contributed by atoms with van der Waals surface area (Å²) >= 11 is 1.58. The Morgan fingerprint density at radius 3 is 2.63 bits per heavy atom. The number of ether oxygens (including phenoxy) is 3. The summed E-state index contributed by atoms with van der Waals surface area (Å²) in [5, 5.41) is 0.956. The van der Waals surface area contributed by atoms with E-state index >= 15 is 0 Å². The second-order valence-electron chi connectivity index (χ2n) is 9.27. The van der Waals surface area contributed by atoms with Crippen molar-refractivity contribution in [1.29, 1.82) is 0 Å². The minimum absolute atomic E-state index is 0.181. The summed E-state index contributed by atoms with van der Waals surface area (Å²) in [6.07, 6.45) is 3.37. The van der Waals surface area contributed by atoms with E-state index in [2.05, 4.69) is 5.48 Å². The van der Waals surface area contributed by atoms with Crippen molar-refractivity contribution in [1.82, 2.24) is 5.48 Å². The number of hydrogen-bond acceptors (Lipinski definition) is 6. The molecule has 3 aromatic carbocycles. The number of fused-ring (bicyclic) bond motifs is 1. The molecule has 4 aromatic rings. The number of methoxy groups -OCH3 is 1. The van der Waals surface area contributed by atoms with E-state index in [1.54, 1.807) is 24.5 Å². The number of hydroxylamine groups is 1. The summed E-state index contributed by atoms with van der Waals surface area (Å²) < 4.78 is 32.1. The molecule has 6 nitrogen and oxygen atoms in total. The van der Waals surface area contributed by atoms with Crippen molar-refractivity contribution in [2.45, 2.75) is 45.3 Å². The lowest BCUT2D eigenvalue weighted by molar-refractivity contribution is -0.200. The molecule has 8 heteroatoms. The van der Waals surface area contributed by atoms with E-state index in [-0.39, 0.29) is 18.0 Å². The topological polar surface area (TPSA) is 66.0 Å². The molecule has 1 amide bonds. The highest BCUT2D eigenvalue weighted by Crippen LogP contribution is 2.48. The van der Waals surface area contributed by atoms with Crippen LogP contribution in [0.3, 0.4) is 0 Å². The van der Waals surface area contributed by atoms with Gasteiger partial charge in [0.05, 0.1) is 12.0 Å². The van der Waals surface area contributed by atoms with Gasteiger partial charge in [-0.15, -0.1) is 11.3 Å². The fourth-order valence-electron chi connectivity index (χ4n) is 4.43. The highest BCUT2D eigenvalue weighted by atomic mass is 32.1. The molecule has 1 aliphatic rings. The Morgan fingerprint density at radius 1 is 1.08 bits per heavy atom. The van der Waals surface area contributed by atoms with E-state index in [0.717, 1.165) is 62.4 Å². The highest BCUT2D eigenvalue weighted by molar-refractivity contribution is 7.22. The van der Waals surface area contributed by atoms with Crippen LogP contribution in [-0.4, -0.2) is 25.9 Å². The number of benzene rings is 3. The maximum atomic E-state index is 13.8. The van der Waals surface area contributed by atoms with Gasteiger partial charge in [0.25, 0.3) is 0 Å². The predicted octanol–water partition coefficient (Wildman–Crippen LogP) is 7.32. The van der Waals surface area contributed by atoms with Crippen LogP contribution in [0.15, 0.2) is 60.7 Å². The zero-order valence-electron chi connectivity index (χ0n) is 21.4. The number of carbonyl (C=O) groups excluding carboxylic acids is 1. The first-order valence-electron chi connectivity index (χ1n) is 12.7. The molecule has 2 heterocycles. The fourth-order valence-corrected chi connectivity index (χ4v) is 5.68. The number of aryl methyl sites for hydroxylation is 2. The summed E-state index contributed by atoms with van der Waals surface area (Å²) in [6, 6.07) is 18.4. The Labute approximate surface area is 225 Å². The van der Waals surface area contributed by atoms with E-state index in [1.165, 1.54) is 12.1 Å². The summed E-state index contributed by atoms with van der Waals surface area (Å²) in [4.78, 5) is 18.5. The number of hydrogen-bond donors (Lipinski definition) is 1. The molecule has 1 fully saturated rings. The van der Waals surface area contributed by atoms with Crippen molar-refractivity contribution in [3.63, 3.8) is 0 Å². The monoisotopic (exact) mass is 535 g/mol. The van der Waals surface area contributed by atoms with Crippen LogP contribution >= 0.6 is 11.3 Å². The second-order valence-corrected chi connectivity index (χ2v) is 10.3. The normalized spacial score (nSPS) is 15.4. The Bertz CT molecular complexity index is 1410. The standard InChI is InChI=1S/C30H30FNO5S/c1-19-17-21(31)9-13-24(19)30-29(25-14-12-23(34-2)18-26(25)38-30)36-22-10-6-20(7-11-22)8-15-27(33)32-37-28-5-3-4-16-35-28/h6-7,9-14,17-18,28H,3-5,8,15-16H2,1-2H3,(H,32,33). The van der Waals surface area contributed by atoms with Gasteiger partial charge in [-0.3, -0.25) is 4.79 Å². The van der Waals surface area contributed by atoms with Gasteiger partial charge in [-0.05, 0) is 85.3 Å². The van der Waals surface area contributed by atoms with Crippen LogP contribution in [0.4, 0.5) is 4.39 Å². The highest BCUT2D eigenvalue weighted by Gasteiger charge is 2.19. The quantitative estimate of drug-likeness (QED) is 0.228. The Morgan fingerprint density at radius 2 is 1.89 bits per heavy atom. The largest absolute Gasteiger partial charge is 0.497 e.